The molecule has 0 amide bonds. The smallest absolute Gasteiger partial charge is 0.280 e. The molecule has 7 heteroatoms. The van der Waals surface area contributed by atoms with Gasteiger partial charge in [-0.05, 0) is 55.4 Å². The highest BCUT2D eigenvalue weighted by Crippen LogP contribution is 2.32. The lowest BCUT2D eigenvalue weighted by molar-refractivity contribution is 0.280. The molecular formula is C17H28ClN3O2S. The van der Waals surface area contributed by atoms with Crippen LogP contribution in [0.3, 0.4) is 0 Å². The SMILES string of the molecule is CN(C1CCCCC1)S(=O)(=O)NC1CCCc2cc(N)ccc21.Cl. The Kier molecular flexibility index (Phi) is 6.53. The number of fused-ring (bicyclic) bond motifs is 1. The summed E-state index contributed by atoms with van der Waals surface area (Å²) < 4.78 is 30.0. The highest BCUT2D eigenvalue weighted by atomic mass is 35.5. The zero-order valence-electron chi connectivity index (χ0n) is 14.2. The fourth-order valence-corrected chi connectivity index (χ4v) is 5.23. The first kappa shape index (κ1) is 19.5. The highest BCUT2D eigenvalue weighted by Gasteiger charge is 2.31. The molecule has 0 heterocycles. The minimum Gasteiger partial charge on any atom is -0.399 e. The van der Waals surface area contributed by atoms with Crippen molar-refractivity contribution < 1.29 is 8.42 Å². The number of nitrogens with one attached hydrogen (secondary N) is 1. The highest BCUT2D eigenvalue weighted by molar-refractivity contribution is 7.87. The summed E-state index contributed by atoms with van der Waals surface area (Å²) in [6, 6.07) is 5.79. The van der Waals surface area contributed by atoms with Crippen molar-refractivity contribution in [2.75, 3.05) is 12.8 Å². The molecule has 1 atom stereocenters. The van der Waals surface area contributed by atoms with Gasteiger partial charge < -0.3 is 5.73 Å². The topological polar surface area (TPSA) is 75.4 Å². The van der Waals surface area contributed by atoms with E-state index in [2.05, 4.69) is 4.72 Å². The monoisotopic (exact) mass is 373 g/mol. The van der Waals surface area contributed by atoms with Gasteiger partial charge in [-0.3, -0.25) is 0 Å². The molecule has 0 aromatic heterocycles. The second kappa shape index (κ2) is 8.04. The third-order valence-corrected chi connectivity index (χ3v) is 6.88. The van der Waals surface area contributed by atoms with Crippen LogP contribution in [0.1, 0.15) is 62.1 Å². The standard InChI is InChI=1S/C17H27N3O2S.ClH/c1-20(15-7-3-2-4-8-15)23(21,22)19-17-9-5-6-13-12-14(18)10-11-16(13)17;/h10-12,15,17,19H,2-9,18H2,1H3;1H. The molecule has 2 aliphatic carbocycles. The molecule has 3 rings (SSSR count). The van der Waals surface area contributed by atoms with Gasteiger partial charge in [0.2, 0.25) is 0 Å². The molecule has 2 aliphatic rings. The van der Waals surface area contributed by atoms with Gasteiger partial charge >= 0.3 is 0 Å². The molecule has 136 valence electrons. The van der Waals surface area contributed by atoms with Crippen molar-refractivity contribution >= 4 is 28.3 Å². The van der Waals surface area contributed by atoms with Crippen LogP contribution in [-0.4, -0.2) is 25.8 Å². The normalized spacial score (nSPS) is 22.0. The Bertz CT molecular complexity index is 660. The van der Waals surface area contributed by atoms with Gasteiger partial charge in [-0.15, -0.1) is 12.4 Å². The van der Waals surface area contributed by atoms with Crippen LogP contribution in [0.4, 0.5) is 5.69 Å². The van der Waals surface area contributed by atoms with Gasteiger partial charge in [-0.2, -0.15) is 17.4 Å². The molecule has 5 nitrogen and oxygen atoms in total. The van der Waals surface area contributed by atoms with Crippen LogP contribution in [0, 0.1) is 0 Å². The van der Waals surface area contributed by atoms with Crippen molar-refractivity contribution in [3.63, 3.8) is 0 Å². The summed E-state index contributed by atoms with van der Waals surface area (Å²) in [5, 5.41) is 0. The average molecular weight is 374 g/mol. The fourth-order valence-electron chi connectivity index (χ4n) is 3.86. The van der Waals surface area contributed by atoms with Gasteiger partial charge in [0.15, 0.2) is 0 Å². The second-order valence-electron chi connectivity index (χ2n) is 6.83. The van der Waals surface area contributed by atoms with Gasteiger partial charge in [0.05, 0.1) is 0 Å². The maximum Gasteiger partial charge on any atom is 0.280 e. The quantitative estimate of drug-likeness (QED) is 0.796. The molecule has 0 aliphatic heterocycles. The maximum atomic E-state index is 12.8. The Morgan fingerprint density at radius 3 is 2.54 bits per heavy atom. The lowest BCUT2D eigenvalue weighted by Gasteiger charge is -2.33. The molecule has 1 aromatic rings. The molecule has 1 saturated carbocycles. The molecule has 3 N–H and O–H groups in total. The van der Waals surface area contributed by atoms with E-state index in [-0.39, 0.29) is 24.5 Å². The minimum absolute atomic E-state index is 0. The van der Waals surface area contributed by atoms with Gasteiger partial charge in [-0.1, -0.05) is 25.3 Å². The molecule has 24 heavy (non-hydrogen) atoms. The van der Waals surface area contributed by atoms with E-state index in [0.717, 1.165) is 56.2 Å². The molecule has 0 saturated heterocycles. The number of nitrogen functional groups attached to an aromatic ring is 1. The van der Waals surface area contributed by atoms with Crippen molar-refractivity contribution in [3.05, 3.63) is 29.3 Å². The van der Waals surface area contributed by atoms with Crippen LogP contribution in [0.2, 0.25) is 0 Å². The van der Waals surface area contributed by atoms with Gasteiger partial charge in [0.25, 0.3) is 10.2 Å². The van der Waals surface area contributed by atoms with Gasteiger partial charge in [-0.25, -0.2) is 0 Å². The van der Waals surface area contributed by atoms with Gasteiger partial charge in [0.1, 0.15) is 0 Å². The molecule has 1 unspecified atom stereocenters. The number of hydrogen-bond acceptors (Lipinski definition) is 3. The zero-order valence-corrected chi connectivity index (χ0v) is 15.8. The number of nitrogens with zero attached hydrogens (tertiary/aromatic N) is 1. The van der Waals surface area contributed by atoms with Crippen LogP contribution in [0.25, 0.3) is 0 Å². The lowest BCUT2D eigenvalue weighted by Crippen LogP contribution is -2.46. The molecule has 1 fully saturated rings. The lowest BCUT2D eigenvalue weighted by atomic mass is 9.88. The number of nitrogens with two attached hydrogens (primary N) is 1. The Morgan fingerprint density at radius 1 is 1.12 bits per heavy atom. The third kappa shape index (κ3) is 4.23. The maximum absolute atomic E-state index is 12.8. The van der Waals surface area contributed by atoms with Crippen molar-refractivity contribution in [2.45, 2.75) is 63.5 Å². The van der Waals surface area contributed by atoms with Crippen LogP contribution >= 0.6 is 12.4 Å². The molecule has 0 radical (unpaired) electrons. The summed E-state index contributed by atoms with van der Waals surface area (Å²) >= 11 is 0. The minimum atomic E-state index is -3.46. The fraction of sp³-hybridized carbons (Fsp3) is 0.647. The van der Waals surface area contributed by atoms with E-state index in [0.29, 0.717) is 0 Å². The zero-order chi connectivity index (χ0) is 16.4. The van der Waals surface area contributed by atoms with E-state index in [1.54, 1.807) is 11.4 Å². The van der Waals surface area contributed by atoms with Crippen LogP contribution in [-0.2, 0) is 16.6 Å². The van der Waals surface area contributed by atoms with E-state index >= 15 is 0 Å². The Hall–Kier alpha value is -0.820. The number of benzene rings is 1. The summed E-state index contributed by atoms with van der Waals surface area (Å²) in [5.41, 5.74) is 8.84. The van der Waals surface area contributed by atoms with E-state index in [9.17, 15) is 8.42 Å². The van der Waals surface area contributed by atoms with Crippen molar-refractivity contribution in [1.29, 1.82) is 0 Å². The first-order valence-corrected chi connectivity index (χ1v) is 10.0. The number of anilines is 1. The number of aryl methyl sites for hydroxylation is 1. The average Bonchev–Trinajstić information content (AvgIpc) is 2.54. The summed E-state index contributed by atoms with van der Waals surface area (Å²) in [7, 11) is -1.75. The van der Waals surface area contributed by atoms with Crippen LogP contribution in [0.5, 0.6) is 0 Å². The first-order chi connectivity index (χ1) is 11.0. The number of halogens is 1. The van der Waals surface area contributed by atoms with E-state index in [1.807, 2.05) is 18.2 Å². The molecule has 1 aromatic carbocycles. The largest absolute Gasteiger partial charge is 0.399 e. The van der Waals surface area contributed by atoms with Crippen molar-refractivity contribution in [3.8, 4) is 0 Å². The van der Waals surface area contributed by atoms with Crippen LogP contribution < -0.4 is 10.5 Å². The predicted molar refractivity (Wildman–Crippen MR) is 100 cm³/mol. The Balaban J connectivity index is 0.00000208. The summed E-state index contributed by atoms with van der Waals surface area (Å²) in [6.07, 6.45) is 8.19. The Labute approximate surface area is 151 Å². The van der Waals surface area contributed by atoms with Crippen LogP contribution in [0.15, 0.2) is 18.2 Å². The van der Waals surface area contributed by atoms with Gasteiger partial charge in [0, 0.05) is 24.8 Å². The van der Waals surface area contributed by atoms with E-state index in [1.165, 1.54) is 12.0 Å². The number of rotatable bonds is 4. The molecular weight excluding hydrogens is 346 g/mol. The third-order valence-electron chi connectivity index (χ3n) is 5.24. The second-order valence-corrected chi connectivity index (χ2v) is 8.60. The Morgan fingerprint density at radius 2 is 1.83 bits per heavy atom. The first-order valence-electron chi connectivity index (χ1n) is 8.61. The predicted octanol–water partition coefficient (Wildman–Crippen LogP) is 3.17. The molecule has 0 bridgehead atoms. The molecule has 0 spiro atoms. The summed E-state index contributed by atoms with van der Waals surface area (Å²) in [5.74, 6) is 0. The van der Waals surface area contributed by atoms with E-state index < -0.39 is 10.2 Å². The van der Waals surface area contributed by atoms with E-state index in [4.69, 9.17) is 5.73 Å². The number of hydrogen-bond donors (Lipinski definition) is 2. The van der Waals surface area contributed by atoms with Crippen molar-refractivity contribution in [1.82, 2.24) is 9.03 Å². The summed E-state index contributed by atoms with van der Waals surface area (Å²) in [4.78, 5) is 0. The summed E-state index contributed by atoms with van der Waals surface area (Å²) in [6.45, 7) is 0. The van der Waals surface area contributed by atoms with Crippen molar-refractivity contribution in [2.24, 2.45) is 0 Å².